The molecule has 0 saturated heterocycles. The number of carbonyl (C=O) groups excluding carboxylic acids is 1. The zero-order valence-electron chi connectivity index (χ0n) is 14.4. The van der Waals surface area contributed by atoms with E-state index in [1.165, 1.54) is 0 Å². The van der Waals surface area contributed by atoms with Crippen LogP contribution in [0.2, 0.25) is 0 Å². The molecule has 124 valence electrons. The van der Waals surface area contributed by atoms with E-state index < -0.39 is 17.2 Å². The van der Waals surface area contributed by atoms with E-state index in [9.17, 15) is 9.90 Å². The molecule has 0 aliphatic heterocycles. The first kappa shape index (κ1) is 18.3. The molecule has 0 spiro atoms. The highest BCUT2D eigenvalue weighted by molar-refractivity contribution is 5.70. The number of carbonyl (C=O) groups is 1. The molecule has 1 amide bonds. The van der Waals surface area contributed by atoms with Crippen LogP contribution in [0.1, 0.15) is 45.4 Å². The first-order valence-corrected chi connectivity index (χ1v) is 7.55. The van der Waals surface area contributed by atoms with Gasteiger partial charge in [0.2, 0.25) is 0 Å². The maximum Gasteiger partial charge on any atom is 0.408 e. The molecular weight excluding hydrogens is 280 g/mol. The summed E-state index contributed by atoms with van der Waals surface area (Å²) in [5.74, 6) is 0. The van der Waals surface area contributed by atoms with Crippen LogP contribution in [-0.4, -0.2) is 33.5 Å². The van der Waals surface area contributed by atoms with E-state index in [1.807, 2.05) is 70.6 Å². The van der Waals surface area contributed by atoms with Gasteiger partial charge in [-0.2, -0.15) is 0 Å². The van der Waals surface area contributed by atoms with Crippen LogP contribution in [0.15, 0.2) is 18.3 Å². The lowest BCUT2D eigenvalue weighted by Gasteiger charge is -2.30. The second kappa shape index (κ2) is 7.01. The largest absolute Gasteiger partial charge is 0.444 e. The predicted molar refractivity (Wildman–Crippen MR) is 88.7 cm³/mol. The summed E-state index contributed by atoms with van der Waals surface area (Å²) >= 11 is 0. The fraction of sp³-hybridized carbons (Fsp3) is 0.588. The fourth-order valence-electron chi connectivity index (χ4n) is 2.11. The van der Waals surface area contributed by atoms with E-state index in [2.05, 4.69) is 5.32 Å². The van der Waals surface area contributed by atoms with Crippen LogP contribution in [0.5, 0.6) is 0 Å². The number of nitrogens with one attached hydrogen (secondary N) is 1. The summed E-state index contributed by atoms with van der Waals surface area (Å²) in [7, 11) is 1.96. The first-order chi connectivity index (χ1) is 10.1. The highest BCUT2D eigenvalue weighted by Crippen LogP contribution is 2.18. The zero-order valence-corrected chi connectivity index (χ0v) is 14.4. The Morgan fingerprint density at radius 3 is 2.50 bits per heavy atom. The average Bonchev–Trinajstić information content (AvgIpc) is 2.72. The van der Waals surface area contributed by atoms with Crippen molar-refractivity contribution >= 4 is 12.2 Å². The predicted octanol–water partition coefficient (Wildman–Crippen LogP) is 3.01. The van der Waals surface area contributed by atoms with Gasteiger partial charge in [0.15, 0.2) is 0 Å². The number of amides is 1. The molecular formula is C17H28N2O3. The standard InChI is InChI=1S/C17H28N2O3/c1-7-17(12-20,18-15(21)22-16(3,4)5)10-8-14-13(2)9-11-19(14)6/h8-11,20H,7,12H2,1-6H3,(H,18,21)/t17-/m1/s1. The third kappa shape index (κ3) is 4.91. The zero-order chi connectivity index (χ0) is 17.0. The van der Waals surface area contributed by atoms with E-state index in [-0.39, 0.29) is 6.61 Å². The molecule has 1 aromatic heterocycles. The number of rotatable bonds is 5. The van der Waals surface area contributed by atoms with Crippen molar-refractivity contribution in [3.05, 3.63) is 29.6 Å². The molecule has 1 aromatic rings. The van der Waals surface area contributed by atoms with Crippen LogP contribution in [0.25, 0.3) is 6.08 Å². The lowest BCUT2D eigenvalue weighted by Crippen LogP contribution is -2.51. The molecule has 5 heteroatoms. The maximum atomic E-state index is 12.0. The molecule has 1 heterocycles. The maximum absolute atomic E-state index is 12.0. The van der Waals surface area contributed by atoms with Crippen molar-refractivity contribution in [3.63, 3.8) is 0 Å². The van der Waals surface area contributed by atoms with Gasteiger partial charge in [0.1, 0.15) is 5.60 Å². The molecule has 0 aliphatic rings. The number of alkyl carbamates (subject to hydrolysis) is 1. The third-order valence-corrected chi connectivity index (χ3v) is 3.56. The molecule has 0 saturated carbocycles. The van der Waals surface area contributed by atoms with Gasteiger partial charge in [0.05, 0.1) is 12.1 Å². The van der Waals surface area contributed by atoms with E-state index in [1.54, 1.807) is 0 Å². The van der Waals surface area contributed by atoms with Gasteiger partial charge >= 0.3 is 6.09 Å². The Morgan fingerprint density at radius 1 is 1.45 bits per heavy atom. The number of aryl methyl sites for hydroxylation is 2. The number of hydrogen-bond donors (Lipinski definition) is 2. The third-order valence-electron chi connectivity index (χ3n) is 3.56. The second-order valence-corrected chi connectivity index (χ2v) is 6.62. The summed E-state index contributed by atoms with van der Waals surface area (Å²) in [6.07, 6.45) is 5.76. The minimum atomic E-state index is -0.834. The fourth-order valence-corrected chi connectivity index (χ4v) is 2.11. The Balaban J connectivity index is 2.94. The van der Waals surface area contributed by atoms with Crippen LogP contribution in [-0.2, 0) is 11.8 Å². The molecule has 0 unspecified atom stereocenters. The highest BCUT2D eigenvalue weighted by atomic mass is 16.6. The van der Waals surface area contributed by atoms with Gasteiger partial charge in [-0.3, -0.25) is 0 Å². The molecule has 5 nitrogen and oxygen atoms in total. The lowest BCUT2D eigenvalue weighted by molar-refractivity contribution is 0.0436. The lowest BCUT2D eigenvalue weighted by atomic mass is 9.96. The monoisotopic (exact) mass is 308 g/mol. The van der Waals surface area contributed by atoms with E-state index in [0.717, 1.165) is 11.3 Å². The molecule has 0 aromatic carbocycles. The number of aliphatic hydroxyl groups is 1. The summed E-state index contributed by atoms with van der Waals surface area (Å²) < 4.78 is 7.28. The van der Waals surface area contributed by atoms with Crippen molar-refractivity contribution in [2.24, 2.45) is 7.05 Å². The first-order valence-electron chi connectivity index (χ1n) is 7.55. The average molecular weight is 308 g/mol. The number of aliphatic hydroxyl groups excluding tert-OH is 1. The summed E-state index contributed by atoms with van der Waals surface area (Å²) in [5, 5.41) is 12.5. The molecule has 1 atom stereocenters. The van der Waals surface area contributed by atoms with Gasteiger partial charge in [-0.25, -0.2) is 4.79 Å². The van der Waals surface area contributed by atoms with Crippen LogP contribution in [0, 0.1) is 6.92 Å². The number of hydrogen-bond acceptors (Lipinski definition) is 3. The second-order valence-electron chi connectivity index (χ2n) is 6.62. The van der Waals surface area contributed by atoms with Crippen LogP contribution in [0.3, 0.4) is 0 Å². The van der Waals surface area contributed by atoms with Crippen molar-refractivity contribution in [3.8, 4) is 0 Å². The van der Waals surface area contributed by atoms with Gasteiger partial charge in [-0.1, -0.05) is 13.0 Å². The number of nitrogens with zero attached hydrogens (tertiary/aromatic N) is 1. The number of aromatic nitrogens is 1. The van der Waals surface area contributed by atoms with Crippen molar-refractivity contribution in [2.45, 2.75) is 52.2 Å². The minimum Gasteiger partial charge on any atom is -0.444 e. The SMILES string of the molecule is CC[C@@](C=Cc1c(C)ccn1C)(CO)NC(=O)OC(C)(C)C. The molecule has 22 heavy (non-hydrogen) atoms. The summed E-state index contributed by atoms with van der Waals surface area (Å²) in [5.41, 5.74) is 0.771. The Morgan fingerprint density at radius 2 is 2.09 bits per heavy atom. The Labute approximate surface area is 133 Å². The van der Waals surface area contributed by atoms with Crippen molar-refractivity contribution in [1.82, 2.24) is 9.88 Å². The number of ether oxygens (including phenoxy) is 1. The Hall–Kier alpha value is -1.75. The van der Waals surface area contributed by atoms with E-state index in [0.29, 0.717) is 6.42 Å². The molecule has 2 N–H and O–H groups in total. The van der Waals surface area contributed by atoms with Crippen LogP contribution < -0.4 is 5.32 Å². The topological polar surface area (TPSA) is 63.5 Å². The van der Waals surface area contributed by atoms with Gasteiger partial charge < -0.3 is 19.7 Å². The normalized spacial score (nSPS) is 14.9. The molecule has 0 radical (unpaired) electrons. The minimum absolute atomic E-state index is 0.192. The molecule has 0 bridgehead atoms. The van der Waals surface area contributed by atoms with Crippen molar-refractivity contribution < 1.29 is 14.6 Å². The van der Waals surface area contributed by atoms with E-state index in [4.69, 9.17) is 4.74 Å². The molecule has 0 aliphatic carbocycles. The smallest absolute Gasteiger partial charge is 0.408 e. The van der Waals surface area contributed by atoms with Gasteiger partial charge in [-0.05, 0) is 51.8 Å². The van der Waals surface area contributed by atoms with Crippen molar-refractivity contribution in [1.29, 1.82) is 0 Å². The summed E-state index contributed by atoms with van der Waals surface area (Å²) in [6, 6.07) is 2.02. The quantitative estimate of drug-likeness (QED) is 0.879. The Kier molecular flexibility index (Phi) is 5.83. The van der Waals surface area contributed by atoms with Crippen molar-refractivity contribution in [2.75, 3.05) is 6.61 Å². The van der Waals surface area contributed by atoms with Crippen LogP contribution in [0.4, 0.5) is 4.79 Å². The summed E-state index contributed by atoms with van der Waals surface area (Å²) in [6.45, 7) is 9.17. The summed E-state index contributed by atoms with van der Waals surface area (Å²) in [4.78, 5) is 12.0. The van der Waals surface area contributed by atoms with Gasteiger partial charge in [-0.15, -0.1) is 0 Å². The molecule has 0 fully saturated rings. The van der Waals surface area contributed by atoms with Gasteiger partial charge in [0, 0.05) is 18.9 Å². The highest BCUT2D eigenvalue weighted by Gasteiger charge is 2.29. The van der Waals surface area contributed by atoms with Gasteiger partial charge in [0.25, 0.3) is 0 Å². The van der Waals surface area contributed by atoms with E-state index >= 15 is 0 Å². The van der Waals surface area contributed by atoms with Crippen LogP contribution >= 0.6 is 0 Å². The Bertz CT molecular complexity index is 515. The molecule has 1 rings (SSSR count).